The third-order valence-corrected chi connectivity index (χ3v) is 3.91. The zero-order chi connectivity index (χ0) is 12.5. The minimum atomic E-state index is -0.890. The highest BCUT2D eigenvalue weighted by Gasteiger charge is 2.38. The standard InChI is InChI=1S/C12H20N2O3/c1-12(6-4-7-12)13-11(17)14-8-3-2-5-9(14)10(15)16/h9H,2-8H2,1H3,(H,13,17)(H,15,16). The topological polar surface area (TPSA) is 69.6 Å². The van der Waals surface area contributed by atoms with E-state index < -0.39 is 12.0 Å². The molecule has 0 aromatic heterocycles. The van der Waals surface area contributed by atoms with Crippen molar-refractivity contribution in [1.29, 1.82) is 0 Å². The lowest BCUT2D eigenvalue weighted by Gasteiger charge is -2.42. The Hall–Kier alpha value is -1.26. The fourth-order valence-electron chi connectivity index (χ4n) is 2.59. The van der Waals surface area contributed by atoms with Crippen LogP contribution in [0.15, 0.2) is 0 Å². The van der Waals surface area contributed by atoms with E-state index in [0.29, 0.717) is 13.0 Å². The first kappa shape index (κ1) is 12.2. The van der Waals surface area contributed by atoms with Gasteiger partial charge in [0.1, 0.15) is 6.04 Å². The number of carbonyl (C=O) groups is 2. The van der Waals surface area contributed by atoms with Gasteiger partial charge in [0.2, 0.25) is 0 Å². The van der Waals surface area contributed by atoms with Gasteiger partial charge in [0.25, 0.3) is 0 Å². The molecule has 17 heavy (non-hydrogen) atoms. The summed E-state index contributed by atoms with van der Waals surface area (Å²) >= 11 is 0. The molecule has 1 unspecified atom stereocenters. The maximum Gasteiger partial charge on any atom is 0.326 e. The van der Waals surface area contributed by atoms with Gasteiger partial charge in [-0.3, -0.25) is 0 Å². The lowest BCUT2D eigenvalue weighted by molar-refractivity contribution is -0.143. The Kier molecular flexibility index (Phi) is 3.26. The maximum atomic E-state index is 12.1. The number of aliphatic carboxylic acids is 1. The molecule has 0 aromatic rings. The molecule has 0 radical (unpaired) electrons. The van der Waals surface area contributed by atoms with E-state index in [-0.39, 0.29) is 11.6 Å². The Morgan fingerprint density at radius 3 is 2.53 bits per heavy atom. The molecule has 1 aliphatic heterocycles. The molecule has 1 saturated carbocycles. The first-order chi connectivity index (χ1) is 8.02. The Morgan fingerprint density at radius 2 is 2.00 bits per heavy atom. The highest BCUT2D eigenvalue weighted by molar-refractivity contribution is 5.83. The van der Waals surface area contributed by atoms with Gasteiger partial charge in [-0.15, -0.1) is 0 Å². The summed E-state index contributed by atoms with van der Waals surface area (Å²) in [5.41, 5.74) is -0.114. The quantitative estimate of drug-likeness (QED) is 0.770. The Bertz CT molecular complexity index is 326. The van der Waals surface area contributed by atoms with Crippen molar-refractivity contribution in [2.75, 3.05) is 6.54 Å². The molecule has 2 fully saturated rings. The Labute approximate surface area is 101 Å². The molecule has 1 heterocycles. The summed E-state index contributed by atoms with van der Waals surface area (Å²) in [7, 11) is 0. The second-order valence-electron chi connectivity index (χ2n) is 5.39. The third-order valence-electron chi connectivity index (χ3n) is 3.91. The molecule has 1 atom stereocenters. The van der Waals surface area contributed by atoms with Crippen molar-refractivity contribution in [2.24, 2.45) is 0 Å². The number of hydrogen-bond acceptors (Lipinski definition) is 2. The van der Waals surface area contributed by atoms with Gasteiger partial charge in [-0.05, 0) is 45.4 Å². The van der Waals surface area contributed by atoms with Gasteiger partial charge in [0.05, 0.1) is 0 Å². The predicted octanol–water partition coefficient (Wildman–Crippen LogP) is 1.58. The fourth-order valence-corrected chi connectivity index (χ4v) is 2.59. The van der Waals surface area contributed by atoms with Crippen molar-refractivity contribution in [2.45, 2.75) is 57.0 Å². The first-order valence-electron chi connectivity index (χ1n) is 6.33. The number of hydrogen-bond donors (Lipinski definition) is 2. The van der Waals surface area contributed by atoms with Crippen LogP contribution < -0.4 is 5.32 Å². The summed E-state index contributed by atoms with van der Waals surface area (Å²) in [6.07, 6.45) is 5.47. The normalized spacial score (nSPS) is 27.1. The number of rotatable bonds is 2. The van der Waals surface area contributed by atoms with Crippen LogP contribution in [-0.2, 0) is 4.79 Å². The van der Waals surface area contributed by atoms with Crippen molar-refractivity contribution in [3.8, 4) is 0 Å². The van der Waals surface area contributed by atoms with Crippen molar-refractivity contribution in [1.82, 2.24) is 10.2 Å². The van der Waals surface area contributed by atoms with Crippen LogP contribution in [0.1, 0.15) is 45.4 Å². The summed E-state index contributed by atoms with van der Waals surface area (Å²) in [6, 6.07) is -0.855. The number of amides is 2. The van der Waals surface area contributed by atoms with Crippen LogP contribution in [-0.4, -0.2) is 40.1 Å². The van der Waals surface area contributed by atoms with Crippen molar-refractivity contribution >= 4 is 12.0 Å². The maximum absolute atomic E-state index is 12.1. The van der Waals surface area contributed by atoms with Crippen molar-refractivity contribution < 1.29 is 14.7 Å². The number of nitrogens with zero attached hydrogens (tertiary/aromatic N) is 1. The second-order valence-corrected chi connectivity index (χ2v) is 5.39. The lowest BCUT2D eigenvalue weighted by Crippen LogP contribution is -2.59. The summed E-state index contributed by atoms with van der Waals surface area (Å²) in [6.45, 7) is 2.58. The molecule has 5 nitrogen and oxygen atoms in total. The Morgan fingerprint density at radius 1 is 1.29 bits per heavy atom. The van der Waals surface area contributed by atoms with E-state index in [4.69, 9.17) is 5.11 Å². The fraction of sp³-hybridized carbons (Fsp3) is 0.833. The van der Waals surface area contributed by atoms with Crippen LogP contribution in [0.2, 0.25) is 0 Å². The van der Waals surface area contributed by atoms with E-state index in [2.05, 4.69) is 5.32 Å². The number of carboxylic acids is 1. The van der Waals surface area contributed by atoms with E-state index in [0.717, 1.165) is 32.1 Å². The van der Waals surface area contributed by atoms with Crippen LogP contribution in [0.5, 0.6) is 0 Å². The predicted molar refractivity (Wildman–Crippen MR) is 62.8 cm³/mol. The number of piperidine rings is 1. The van der Waals surface area contributed by atoms with Gasteiger partial charge in [-0.2, -0.15) is 0 Å². The molecule has 1 aliphatic carbocycles. The van der Waals surface area contributed by atoms with E-state index in [9.17, 15) is 9.59 Å². The van der Waals surface area contributed by atoms with E-state index in [1.165, 1.54) is 4.90 Å². The molecule has 2 N–H and O–H groups in total. The minimum Gasteiger partial charge on any atom is -0.480 e. The number of urea groups is 1. The summed E-state index contributed by atoms with van der Waals surface area (Å²) < 4.78 is 0. The van der Waals surface area contributed by atoms with Gasteiger partial charge in [-0.1, -0.05) is 0 Å². The zero-order valence-corrected chi connectivity index (χ0v) is 10.2. The average molecular weight is 240 g/mol. The van der Waals surface area contributed by atoms with Crippen LogP contribution >= 0.6 is 0 Å². The van der Waals surface area contributed by atoms with Gasteiger partial charge < -0.3 is 15.3 Å². The molecule has 0 aromatic carbocycles. The van der Waals surface area contributed by atoms with Crippen LogP contribution in [0.4, 0.5) is 4.79 Å². The monoisotopic (exact) mass is 240 g/mol. The molecule has 0 spiro atoms. The SMILES string of the molecule is CC1(NC(=O)N2CCCCC2C(=O)O)CCC1. The summed E-state index contributed by atoms with van der Waals surface area (Å²) in [5, 5.41) is 12.1. The van der Waals surface area contributed by atoms with Gasteiger partial charge >= 0.3 is 12.0 Å². The average Bonchev–Trinajstić information content (AvgIpc) is 2.26. The molecule has 1 saturated heterocycles. The van der Waals surface area contributed by atoms with Crippen LogP contribution in [0, 0.1) is 0 Å². The van der Waals surface area contributed by atoms with Crippen molar-refractivity contribution in [3.05, 3.63) is 0 Å². The number of carbonyl (C=O) groups excluding carboxylic acids is 1. The molecule has 0 bridgehead atoms. The first-order valence-corrected chi connectivity index (χ1v) is 6.33. The zero-order valence-electron chi connectivity index (χ0n) is 10.2. The highest BCUT2D eigenvalue weighted by Crippen LogP contribution is 2.31. The molecule has 96 valence electrons. The number of carboxylic acid groups (broad SMARTS) is 1. The molecule has 2 amide bonds. The van der Waals surface area contributed by atoms with Crippen molar-refractivity contribution in [3.63, 3.8) is 0 Å². The van der Waals surface area contributed by atoms with Gasteiger partial charge in [-0.25, -0.2) is 9.59 Å². The second kappa shape index (κ2) is 4.55. The summed E-state index contributed by atoms with van der Waals surface area (Å²) in [5.74, 6) is -0.890. The molecule has 2 aliphatic rings. The molecular weight excluding hydrogens is 220 g/mol. The third kappa shape index (κ3) is 2.53. The number of likely N-dealkylation sites (tertiary alicyclic amines) is 1. The van der Waals surface area contributed by atoms with Crippen LogP contribution in [0.25, 0.3) is 0 Å². The van der Waals surface area contributed by atoms with E-state index in [1.54, 1.807) is 0 Å². The molecule has 2 rings (SSSR count). The highest BCUT2D eigenvalue weighted by atomic mass is 16.4. The van der Waals surface area contributed by atoms with E-state index >= 15 is 0 Å². The van der Waals surface area contributed by atoms with Gasteiger partial charge in [0, 0.05) is 12.1 Å². The minimum absolute atomic E-state index is 0.114. The van der Waals surface area contributed by atoms with Gasteiger partial charge in [0.15, 0.2) is 0 Å². The Balaban J connectivity index is 1.98. The van der Waals surface area contributed by atoms with E-state index in [1.807, 2.05) is 6.92 Å². The summed E-state index contributed by atoms with van der Waals surface area (Å²) in [4.78, 5) is 24.7. The largest absolute Gasteiger partial charge is 0.480 e. The molecular formula is C12H20N2O3. The smallest absolute Gasteiger partial charge is 0.326 e. The lowest BCUT2D eigenvalue weighted by atomic mass is 9.79. The molecule has 5 heteroatoms. The number of nitrogens with one attached hydrogen (secondary N) is 1. The van der Waals surface area contributed by atoms with Crippen LogP contribution in [0.3, 0.4) is 0 Å².